The zero-order chi connectivity index (χ0) is 12.5. The summed E-state index contributed by atoms with van der Waals surface area (Å²) in [5.41, 5.74) is 8.45. The number of nitrogens with two attached hydrogens (primary N) is 1. The summed E-state index contributed by atoms with van der Waals surface area (Å²) in [7, 11) is 0. The second-order valence-electron chi connectivity index (χ2n) is 3.90. The van der Waals surface area contributed by atoms with E-state index in [1.54, 1.807) is 12.3 Å². The number of imidazole rings is 1. The lowest BCUT2D eigenvalue weighted by Gasteiger charge is -2.05. The molecule has 0 radical (unpaired) electrons. The fraction of sp³-hybridized carbons (Fsp3) is 0.0833. The van der Waals surface area contributed by atoms with Crippen LogP contribution in [0, 0.1) is 0 Å². The van der Waals surface area contributed by atoms with Crippen LogP contribution in [0.1, 0.15) is 5.69 Å². The maximum atomic E-state index is 5.99. The number of aromatic nitrogens is 4. The normalized spacial score (nSPS) is 10.9. The highest BCUT2D eigenvalue weighted by Gasteiger charge is 2.09. The predicted molar refractivity (Wildman–Crippen MR) is 70.3 cm³/mol. The monoisotopic (exact) mass is 259 g/mol. The highest BCUT2D eigenvalue weighted by molar-refractivity contribution is 6.31. The highest BCUT2D eigenvalue weighted by atomic mass is 35.5. The predicted octanol–water partition coefficient (Wildman–Crippen LogP) is 2.11. The van der Waals surface area contributed by atoms with Crippen molar-refractivity contribution in [2.75, 3.05) is 5.73 Å². The standard InChI is InChI=1S/C12H10ClN5/c13-8-3-4-10-11(6-8)18(12(14)16-10)7-9-2-1-5-15-17-9/h1-6H,7H2,(H2,14,16). The molecule has 0 amide bonds. The summed E-state index contributed by atoms with van der Waals surface area (Å²) in [6, 6.07) is 9.22. The van der Waals surface area contributed by atoms with E-state index < -0.39 is 0 Å². The molecule has 3 aromatic rings. The molecule has 0 aliphatic carbocycles. The third kappa shape index (κ3) is 1.89. The number of nitrogens with zero attached hydrogens (tertiary/aromatic N) is 4. The van der Waals surface area contributed by atoms with Gasteiger partial charge in [-0.1, -0.05) is 11.6 Å². The molecule has 3 rings (SSSR count). The molecule has 6 heteroatoms. The second kappa shape index (κ2) is 4.27. The Morgan fingerprint density at radius 2 is 2.17 bits per heavy atom. The second-order valence-corrected chi connectivity index (χ2v) is 4.34. The van der Waals surface area contributed by atoms with Gasteiger partial charge in [0, 0.05) is 11.2 Å². The summed E-state index contributed by atoms with van der Waals surface area (Å²) >= 11 is 5.99. The zero-order valence-corrected chi connectivity index (χ0v) is 10.2. The molecule has 2 N–H and O–H groups in total. The van der Waals surface area contributed by atoms with Gasteiger partial charge < -0.3 is 10.3 Å². The molecule has 90 valence electrons. The number of benzene rings is 1. The van der Waals surface area contributed by atoms with E-state index in [1.807, 2.05) is 28.8 Å². The Morgan fingerprint density at radius 1 is 1.28 bits per heavy atom. The minimum Gasteiger partial charge on any atom is -0.369 e. The average Bonchev–Trinajstić information content (AvgIpc) is 2.67. The Kier molecular flexibility index (Phi) is 2.60. The zero-order valence-electron chi connectivity index (χ0n) is 9.42. The smallest absolute Gasteiger partial charge is 0.201 e. The van der Waals surface area contributed by atoms with Gasteiger partial charge in [-0.2, -0.15) is 10.2 Å². The van der Waals surface area contributed by atoms with E-state index in [9.17, 15) is 0 Å². The van der Waals surface area contributed by atoms with Crippen molar-refractivity contribution in [2.45, 2.75) is 6.54 Å². The molecule has 1 aromatic carbocycles. The lowest BCUT2D eigenvalue weighted by molar-refractivity contribution is 0.782. The van der Waals surface area contributed by atoms with Crippen molar-refractivity contribution >= 4 is 28.6 Å². The van der Waals surface area contributed by atoms with E-state index in [4.69, 9.17) is 17.3 Å². The fourth-order valence-electron chi connectivity index (χ4n) is 1.86. The minimum absolute atomic E-state index is 0.443. The SMILES string of the molecule is Nc1nc2ccc(Cl)cc2n1Cc1cccnn1. The number of anilines is 1. The summed E-state index contributed by atoms with van der Waals surface area (Å²) < 4.78 is 1.87. The van der Waals surface area contributed by atoms with Crippen LogP contribution in [0.5, 0.6) is 0 Å². The van der Waals surface area contributed by atoms with Crippen LogP contribution < -0.4 is 5.73 Å². The van der Waals surface area contributed by atoms with Crippen LogP contribution in [0.15, 0.2) is 36.5 Å². The van der Waals surface area contributed by atoms with E-state index in [1.165, 1.54) is 0 Å². The molecular formula is C12H10ClN5. The Labute approximate surface area is 108 Å². The summed E-state index contributed by atoms with van der Waals surface area (Å²) in [5.74, 6) is 0.443. The van der Waals surface area contributed by atoms with Crippen molar-refractivity contribution in [1.29, 1.82) is 0 Å². The van der Waals surface area contributed by atoms with E-state index in [0.29, 0.717) is 17.5 Å². The number of fused-ring (bicyclic) bond motifs is 1. The molecule has 2 heterocycles. The summed E-state index contributed by atoms with van der Waals surface area (Å²) in [4.78, 5) is 4.28. The lowest BCUT2D eigenvalue weighted by atomic mass is 10.3. The molecule has 5 nitrogen and oxygen atoms in total. The highest BCUT2D eigenvalue weighted by Crippen LogP contribution is 2.22. The summed E-state index contributed by atoms with van der Waals surface area (Å²) in [5, 5.41) is 8.53. The third-order valence-electron chi connectivity index (χ3n) is 2.69. The maximum absolute atomic E-state index is 5.99. The van der Waals surface area contributed by atoms with Gasteiger partial charge in [0.25, 0.3) is 0 Å². The third-order valence-corrected chi connectivity index (χ3v) is 2.92. The quantitative estimate of drug-likeness (QED) is 0.765. The number of rotatable bonds is 2. The summed E-state index contributed by atoms with van der Waals surface area (Å²) in [6.45, 7) is 0.524. The number of hydrogen-bond donors (Lipinski definition) is 1. The van der Waals surface area contributed by atoms with Gasteiger partial charge in [-0.15, -0.1) is 0 Å². The first kappa shape index (κ1) is 11.0. The van der Waals surface area contributed by atoms with Gasteiger partial charge >= 0.3 is 0 Å². The van der Waals surface area contributed by atoms with Gasteiger partial charge in [0.05, 0.1) is 23.3 Å². The van der Waals surface area contributed by atoms with Gasteiger partial charge in [0.2, 0.25) is 5.95 Å². The largest absolute Gasteiger partial charge is 0.369 e. The van der Waals surface area contributed by atoms with Crippen molar-refractivity contribution in [1.82, 2.24) is 19.7 Å². The van der Waals surface area contributed by atoms with Crippen molar-refractivity contribution < 1.29 is 0 Å². The molecular weight excluding hydrogens is 250 g/mol. The van der Waals surface area contributed by atoms with Crippen molar-refractivity contribution in [2.24, 2.45) is 0 Å². The molecule has 0 aliphatic rings. The first-order valence-electron chi connectivity index (χ1n) is 5.42. The Hall–Kier alpha value is -2.14. The van der Waals surface area contributed by atoms with Crippen LogP contribution in [0.4, 0.5) is 5.95 Å². The van der Waals surface area contributed by atoms with Gasteiger partial charge in [0.1, 0.15) is 0 Å². The summed E-state index contributed by atoms with van der Waals surface area (Å²) in [6.07, 6.45) is 1.63. The van der Waals surface area contributed by atoms with Crippen LogP contribution in [0.2, 0.25) is 5.02 Å². The van der Waals surface area contributed by atoms with Crippen LogP contribution in [0.3, 0.4) is 0 Å². The Morgan fingerprint density at radius 3 is 2.94 bits per heavy atom. The van der Waals surface area contributed by atoms with Crippen molar-refractivity contribution in [3.8, 4) is 0 Å². The van der Waals surface area contributed by atoms with Gasteiger partial charge in [-0.05, 0) is 30.3 Å². The number of nitrogen functional groups attached to an aromatic ring is 1. The molecule has 2 aromatic heterocycles. The van der Waals surface area contributed by atoms with Gasteiger partial charge in [0.15, 0.2) is 0 Å². The molecule has 0 fully saturated rings. The minimum atomic E-state index is 0.443. The number of hydrogen-bond acceptors (Lipinski definition) is 4. The van der Waals surface area contributed by atoms with Crippen LogP contribution in [-0.2, 0) is 6.54 Å². The fourth-order valence-corrected chi connectivity index (χ4v) is 2.03. The van der Waals surface area contributed by atoms with Gasteiger partial charge in [-0.25, -0.2) is 4.98 Å². The van der Waals surface area contributed by atoms with E-state index >= 15 is 0 Å². The van der Waals surface area contributed by atoms with Crippen molar-refractivity contribution in [3.05, 3.63) is 47.2 Å². The molecule has 0 bridgehead atoms. The average molecular weight is 260 g/mol. The van der Waals surface area contributed by atoms with Crippen LogP contribution in [-0.4, -0.2) is 19.7 Å². The molecule has 0 atom stereocenters. The van der Waals surface area contributed by atoms with E-state index in [2.05, 4.69) is 15.2 Å². The molecule has 0 saturated heterocycles. The molecule has 0 unspecified atom stereocenters. The van der Waals surface area contributed by atoms with Crippen molar-refractivity contribution in [3.63, 3.8) is 0 Å². The van der Waals surface area contributed by atoms with Crippen LogP contribution >= 0.6 is 11.6 Å². The topological polar surface area (TPSA) is 69.6 Å². The molecule has 18 heavy (non-hydrogen) atoms. The lowest BCUT2D eigenvalue weighted by Crippen LogP contribution is -2.06. The molecule has 0 aliphatic heterocycles. The van der Waals surface area contributed by atoms with Crippen LogP contribution in [0.25, 0.3) is 11.0 Å². The Balaban J connectivity index is 2.11. The number of halogens is 1. The van der Waals surface area contributed by atoms with E-state index in [-0.39, 0.29) is 0 Å². The first-order valence-corrected chi connectivity index (χ1v) is 5.80. The van der Waals surface area contributed by atoms with Gasteiger partial charge in [-0.3, -0.25) is 0 Å². The first-order chi connectivity index (χ1) is 8.74. The van der Waals surface area contributed by atoms with E-state index in [0.717, 1.165) is 16.7 Å². The maximum Gasteiger partial charge on any atom is 0.201 e. The molecule has 0 spiro atoms. The Bertz CT molecular complexity index is 692. The molecule has 0 saturated carbocycles.